The van der Waals surface area contributed by atoms with Gasteiger partial charge in [0.25, 0.3) is 0 Å². The van der Waals surface area contributed by atoms with Crippen molar-refractivity contribution in [1.82, 2.24) is 40.1 Å². The van der Waals surface area contributed by atoms with Gasteiger partial charge in [0.05, 0.1) is 28.5 Å². The van der Waals surface area contributed by atoms with Gasteiger partial charge in [0.15, 0.2) is 11.5 Å². The second-order valence-electron chi connectivity index (χ2n) is 7.99. The summed E-state index contributed by atoms with van der Waals surface area (Å²) in [6.07, 6.45) is 9.95. The molecule has 0 saturated heterocycles. The molecule has 10 heteroatoms. The van der Waals surface area contributed by atoms with Crippen LogP contribution in [0.2, 0.25) is 0 Å². The van der Waals surface area contributed by atoms with Crippen LogP contribution in [0.5, 0.6) is 0 Å². The van der Waals surface area contributed by atoms with E-state index in [1.54, 1.807) is 31.0 Å². The molecule has 6 heterocycles. The van der Waals surface area contributed by atoms with Crippen molar-refractivity contribution in [2.45, 2.75) is 0 Å². The van der Waals surface area contributed by atoms with Crippen LogP contribution < -0.4 is 4.90 Å². The zero-order chi connectivity index (χ0) is 23.2. The largest absolute Gasteiger partial charge is 0.376 e. The Morgan fingerprint density at radius 2 is 1.79 bits per heavy atom. The molecule has 0 fully saturated rings. The first-order valence-corrected chi connectivity index (χ1v) is 10.5. The fourth-order valence-corrected chi connectivity index (χ4v) is 3.91. The van der Waals surface area contributed by atoms with Gasteiger partial charge in [-0.3, -0.25) is 20.1 Å². The standard InChI is InChI=1S/C24H18FN9/c1-34(2)15-8-14(10-27-11-15)16-12-29-23-18(19(16)25)22(32-33-23)24-30-17-5-7-28-20(21(17)31-24)13-4-3-6-26-9-13/h3-12H,1-2H3,(H,30,31)(H,29,32,33). The third-order valence-electron chi connectivity index (χ3n) is 5.64. The summed E-state index contributed by atoms with van der Waals surface area (Å²) in [6, 6.07) is 7.44. The number of nitrogens with one attached hydrogen (secondary N) is 2. The summed E-state index contributed by atoms with van der Waals surface area (Å²) in [6.45, 7) is 0. The van der Waals surface area contributed by atoms with Crippen LogP contribution in [-0.2, 0) is 0 Å². The fourth-order valence-electron chi connectivity index (χ4n) is 3.91. The molecule has 0 aliphatic carbocycles. The lowest BCUT2D eigenvalue weighted by atomic mass is 10.1. The lowest BCUT2D eigenvalue weighted by Gasteiger charge is -2.13. The fraction of sp³-hybridized carbons (Fsp3) is 0.0833. The average molecular weight is 451 g/mol. The van der Waals surface area contributed by atoms with E-state index in [1.807, 2.05) is 43.3 Å². The minimum absolute atomic E-state index is 0.252. The number of rotatable bonds is 4. The van der Waals surface area contributed by atoms with Gasteiger partial charge in [-0.25, -0.2) is 14.4 Å². The second-order valence-corrected chi connectivity index (χ2v) is 7.99. The van der Waals surface area contributed by atoms with Crippen molar-refractivity contribution in [2.75, 3.05) is 19.0 Å². The average Bonchev–Trinajstić information content (AvgIpc) is 3.49. The first kappa shape index (κ1) is 19.9. The topological polar surface area (TPSA) is 112 Å². The Labute approximate surface area is 192 Å². The molecule has 9 nitrogen and oxygen atoms in total. The van der Waals surface area contributed by atoms with Gasteiger partial charge in [0, 0.05) is 61.8 Å². The first-order chi connectivity index (χ1) is 16.6. The second kappa shape index (κ2) is 7.69. The molecule has 0 unspecified atom stereocenters. The maximum absolute atomic E-state index is 15.9. The summed E-state index contributed by atoms with van der Waals surface area (Å²) in [5.41, 5.74) is 5.41. The number of pyridine rings is 4. The SMILES string of the molecule is CN(C)c1cncc(-c2cnc3[nH]nc(-c4nc5c(-c6cccnc6)nccc5[nH]4)c3c2F)c1. The van der Waals surface area contributed by atoms with E-state index in [-0.39, 0.29) is 5.39 Å². The molecular formula is C24H18FN9. The first-order valence-electron chi connectivity index (χ1n) is 10.5. The number of H-pyrrole nitrogens is 2. The number of aromatic amines is 2. The summed E-state index contributed by atoms with van der Waals surface area (Å²) in [7, 11) is 3.81. The molecule has 6 aromatic heterocycles. The van der Waals surface area contributed by atoms with Gasteiger partial charge in [-0.2, -0.15) is 5.10 Å². The number of anilines is 1. The molecule has 0 bridgehead atoms. The smallest absolute Gasteiger partial charge is 0.159 e. The van der Waals surface area contributed by atoms with Gasteiger partial charge >= 0.3 is 0 Å². The highest BCUT2D eigenvalue weighted by Gasteiger charge is 2.21. The summed E-state index contributed by atoms with van der Waals surface area (Å²) in [5, 5.41) is 7.40. The van der Waals surface area contributed by atoms with Crippen LogP contribution in [0.15, 0.2) is 61.4 Å². The Kier molecular flexibility index (Phi) is 4.51. The zero-order valence-electron chi connectivity index (χ0n) is 18.3. The van der Waals surface area contributed by atoms with Crippen LogP contribution in [0.4, 0.5) is 10.1 Å². The lowest BCUT2D eigenvalue weighted by molar-refractivity contribution is 0.642. The molecule has 0 amide bonds. The Morgan fingerprint density at radius 1 is 0.912 bits per heavy atom. The van der Waals surface area contributed by atoms with E-state index in [4.69, 9.17) is 4.98 Å². The molecule has 0 saturated carbocycles. The predicted molar refractivity (Wildman–Crippen MR) is 128 cm³/mol. The van der Waals surface area contributed by atoms with Gasteiger partial charge in [-0.15, -0.1) is 0 Å². The minimum atomic E-state index is -0.447. The van der Waals surface area contributed by atoms with Crippen molar-refractivity contribution in [2.24, 2.45) is 0 Å². The van der Waals surface area contributed by atoms with Crippen molar-refractivity contribution in [3.05, 3.63) is 67.3 Å². The summed E-state index contributed by atoms with van der Waals surface area (Å²) in [4.78, 5) is 27.2. The molecule has 34 heavy (non-hydrogen) atoms. The lowest BCUT2D eigenvalue weighted by Crippen LogP contribution is -2.08. The van der Waals surface area contributed by atoms with Gasteiger partial charge in [-0.1, -0.05) is 0 Å². The van der Waals surface area contributed by atoms with Crippen molar-refractivity contribution < 1.29 is 4.39 Å². The van der Waals surface area contributed by atoms with Crippen molar-refractivity contribution in [3.8, 4) is 33.9 Å². The highest BCUT2D eigenvalue weighted by Crippen LogP contribution is 2.34. The predicted octanol–water partition coefficient (Wildman–Crippen LogP) is 4.23. The van der Waals surface area contributed by atoms with Crippen molar-refractivity contribution in [1.29, 1.82) is 0 Å². The molecule has 6 rings (SSSR count). The Bertz CT molecular complexity index is 1650. The molecule has 166 valence electrons. The molecule has 2 N–H and O–H groups in total. The third kappa shape index (κ3) is 3.15. The molecule has 0 radical (unpaired) electrons. The number of imidazole rings is 1. The van der Waals surface area contributed by atoms with Crippen LogP contribution in [0.1, 0.15) is 0 Å². The Hall–Kier alpha value is -4.73. The van der Waals surface area contributed by atoms with E-state index in [1.165, 1.54) is 6.20 Å². The van der Waals surface area contributed by atoms with Gasteiger partial charge in [0.1, 0.15) is 17.0 Å². The molecule has 6 aromatic rings. The maximum atomic E-state index is 15.9. The molecular weight excluding hydrogens is 433 g/mol. The van der Waals surface area contributed by atoms with E-state index in [0.29, 0.717) is 39.5 Å². The summed E-state index contributed by atoms with van der Waals surface area (Å²) < 4.78 is 15.9. The van der Waals surface area contributed by atoms with Crippen LogP contribution in [0, 0.1) is 5.82 Å². The van der Waals surface area contributed by atoms with Crippen LogP contribution >= 0.6 is 0 Å². The molecule has 0 aliphatic heterocycles. The number of nitrogens with zero attached hydrogens (tertiary/aromatic N) is 7. The van der Waals surface area contributed by atoms with Gasteiger partial charge in [-0.05, 0) is 24.3 Å². The molecule has 0 aliphatic rings. The summed E-state index contributed by atoms with van der Waals surface area (Å²) in [5.74, 6) is -0.0325. The zero-order valence-corrected chi connectivity index (χ0v) is 18.3. The Balaban J connectivity index is 1.52. The molecule has 0 spiro atoms. The van der Waals surface area contributed by atoms with E-state index >= 15 is 4.39 Å². The van der Waals surface area contributed by atoms with Gasteiger partial charge < -0.3 is 9.88 Å². The van der Waals surface area contributed by atoms with E-state index < -0.39 is 5.82 Å². The highest BCUT2D eigenvalue weighted by molar-refractivity contribution is 5.96. The van der Waals surface area contributed by atoms with E-state index in [0.717, 1.165) is 16.8 Å². The maximum Gasteiger partial charge on any atom is 0.159 e. The molecule has 0 atom stereocenters. The number of fused-ring (bicyclic) bond motifs is 2. The quantitative estimate of drug-likeness (QED) is 0.413. The van der Waals surface area contributed by atoms with Gasteiger partial charge in [0.2, 0.25) is 0 Å². The molecule has 0 aromatic carbocycles. The Morgan fingerprint density at radius 3 is 2.62 bits per heavy atom. The number of aromatic nitrogens is 8. The van der Waals surface area contributed by atoms with Crippen molar-refractivity contribution in [3.63, 3.8) is 0 Å². The normalized spacial score (nSPS) is 11.4. The highest BCUT2D eigenvalue weighted by atomic mass is 19.1. The summed E-state index contributed by atoms with van der Waals surface area (Å²) >= 11 is 0. The van der Waals surface area contributed by atoms with Crippen LogP contribution in [0.25, 0.3) is 56.0 Å². The number of hydrogen-bond donors (Lipinski definition) is 2. The minimum Gasteiger partial charge on any atom is -0.376 e. The van der Waals surface area contributed by atoms with Crippen LogP contribution in [0.3, 0.4) is 0 Å². The number of halogens is 1. The third-order valence-corrected chi connectivity index (χ3v) is 5.64. The number of hydrogen-bond acceptors (Lipinski definition) is 7. The van der Waals surface area contributed by atoms with E-state index in [9.17, 15) is 0 Å². The van der Waals surface area contributed by atoms with E-state index in [2.05, 4.69) is 35.1 Å². The monoisotopic (exact) mass is 451 g/mol. The van der Waals surface area contributed by atoms with Crippen molar-refractivity contribution >= 4 is 27.8 Å². The van der Waals surface area contributed by atoms with Crippen LogP contribution in [-0.4, -0.2) is 54.2 Å².